The molecule has 47 heavy (non-hydrogen) atoms. The molecule has 0 aromatic heterocycles. The molecule has 1 aromatic rings. The van der Waals surface area contributed by atoms with Gasteiger partial charge in [-0.1, -0.05) is 46.9 Å². The molecule has 2 heterocycles. The van der Waals surface area contributed by atoms with Crippen molar-refractivity contribution in [2.24, 2.45) is 39.0 Å². The van der Waals surface area contributed by atoms with Gasteiger partial charge in [0.2, 0.25) is 5.91 Å². The maximum absolute atomic E-state index is 13.3. The number of aliphatic hydroxyl groups is 1. The number of aromatic hydroxyl groups is 1. The molecule has 1 amide bonds. The quantitative estimate of drug-likeness (QED) is 0.114. The van der Waals surface area contributed by atoms with Gasteiger partial charge in [0.1, 0.15) is 6.10 Å². The van der Waals surface area contributed by atoms with E-state index in [-0.39, 0.29) is 42.0 Å². The minimum Gasteiger partial charge on any atom is -0.504 e. The molecule has 1 fully saturated rings. The summed E-state index contributed by atoms with van der Waals surface area (Å²) in [6, 6.07) is 3.63. The molecule has 4 atom stereocenters. The first-order valence-corrected chi connectivity index (χ1v) is 18.9. The van der Waals surface area contributed by atoms with Gasteiger partial charge in [0.25, 0.3) is 0 Å². The average Bonchev–Trinajstić information content (AvgIpc) is 3.38. The van der Waals surface area contributed by atoms with Crippen LogP contribution in [0.15, 0.2) is 22.1 Å². The second kappa shape index (κ2) is 20.4. The SMILES string of the molecule is COc1cc2cc(c1O)CN1C[C@@H](CC1=O)[C@@H](CCN=C(N)N)CNC(N)=NCSSCCCCCC[C@H](O)C[C@H](OC(C)=O)CC2. The summed E-state index contributed by atoms with van der Waals surface area (Å²) < 4.78 is 11.1. The predicted octanol–water partition coefficient (Wildman–Crippen LogP) is 2.85. The van der Waals surface area contributed by atoms with Crippen molar-refractivity contribution in [3.8, 4) is 11.5 Å². The molecule has 2 aliphatic rings. The summed E-state index contributed by atoms with van der Waals surface area (Å²) in [5.41, 5.74) is 18.7. The molecule has 0 aliphatic carbocycles. The van der Waals surface area contributed by atoms with Crippen LogP contribution in [0.4, 0.5) is 0 Å². The normalized spacial score (nSPS) is 24.4. The molecule has 3 rings (SSSR count). The number of carbonyl (C=O) groups excluding carboxylic acids is 2. The minimum atomic E-state index is -0.567. The fourth-order valence-electron chi connectivity index (χ4n) is 6.08. The molecule has 0 radical (unpaired) electrons. The Balaban J connectivity index is 1.82. The smallest absolute Gasteiger partial charge is 0.302 e. The third kappa shape index (κ3) is 13.9. The van der Waals surface area contributed by atoms with Crippen molar-refractivity contribution in [1.82, 2.24) is 10.2 Å². The molecule has 0 unspecified atom stereocenters. The summed E-state index contributed by atoms with van der Waals surface area (Å²) in [5, 5.41) is 25.0. The lowest BCUT2D eigenvalue weighted by atomic mass is 9.88. The second-order valence-corrected chi connectivity index (χ2v) is 14.8. The summed E-state index contributed by atoms with van der Waals surface area (Å²) in [4.78, 5) is 35.5. The molecule has 2 aliphatic heterocycles. The van der Waals surface area contributed by atoms with E-state index in [4.69, 9.17) is 26.7 Å². The molecule has 9 N–H and O–H groups in total. The van der Waals surface area contributed by atoms with Gasteiger partial charge in [-0.05, 0) is 55.6 Å². The van der Waals surface area contributed by atoms with E-state index in [1.54, 1.807) is 32.6 Å². The summed E-state index contributed by atoms with van der Waals surface area (Å²) in [6.07, 6.45) is 6.12. The van der Waals surface area contributed by atoms with Crippen molar-refractivity contribution in [1.29, 1.82) is 0 Å². The van der Waals surface area contributed by atoms with Gasteiger partial charge in [-0.2, -0.15) is 0 Å². The first-order chi connectivity index (χ1) is 22.5. The number of amides is 1. The van der Waals surface area contributed by atoms with Crippen LogP contribution in [0.5, 0.6) is 11.5 Å². The lowest BCUT2D eigenvalue weighted by Gasteiger charge is -2.24. The van der Waals surface area contributed by atoms with E-state index in [1.165, 1.54) is 14.0 Å². The number of phenolic OH excluding ortho intramolecular Hbond substituents is 1. The molecular weight excluding hydrogens is 643 g/mol. The summed E-state index contributed by atoms with van der Waals surface area (Å²) in [7, 11) is 4.91. The number of rotatable bonds is 5. The van der Waals surface area contributed by atoms with Crippen LogP contribution < -0.4 is 27.3 Å². The maximum Gasteiger partial charge on any atom is 0.302 e. The summed E-state index contributed by atoms with van der Waals surface area (Å²) in [6.45, 7) is 3.03. The highest BCUT2D eigenvalue weighted by atomic mass is 33.1. The Morgan fingerprint density at radius 2 is 1.98 bits per heavy atom. The number of benzene rings is 1. The van der Waals surface area contributed by atoms with Gasteiger partial charge in [-0.3, -0.25) is 14.6 Å². The number of carbonyl (C=O) groups is 2. The predicted molar refractivity (Wildman–Crippen MR) is 189 cm³/mol. The van der Waals surface area contributed by atoms with Crippen LogP contribution in [0.1, 0.15) is 75.8 Å². The molecule has 0 saturated carbocycles. The molecule has 4 bridgehead atoms. The Kier molecular flexibility index (Phi) is 16.6. The number of nitrogens with one attached hydrogen (secondary N) is 1. The number of aliphatic hydroxyl groups excluding tert-OH is 1. The van der Waals surface area contributed by atoms with E-state index >= 15 is 0 Å². The van der Waals surface area contributed by atoms with Crippen molar-refractivity contribution >= 4 is 45.4 Å². The van der Waals surface area contributed by atoms with E-state index in [9.17, 15) is 19.8 Å². The van der Waals surface area contributed by atoms with Crippen LogP contribution in [0.3, 0.4) is 0 Å². The Bertz CT molecular complexity index is 1220. The number of hydrogen-bond acceptors (Lipinski definition) is 12. The Morgan fingerprint density at radius 1 is 1.19 bits per heavy atom. The molecule has 0 spiro atoms. The third-order valence-electron chi connectivity index (χ3n) is 8.55. The van der Waals surface area contributed by atoms with Crippen molar-refractivity contribution in [2.45, 2.75) is 89.9 Å². The number of fused-ring (bicyclic) bond motifs is 4. The topological polar surface area (TPSA) is 211 Å². The van der Waals surface area contributed by atoms with E-state index in [1.807, 2.05) is 6.07 Å². The number of esters is 1. The Labute approximate surface area is 286 Å². The van der Waals surface area contributed by atoms with Gasteiger partial charge in [0, 0.05) is 57.3 Å². The van der Waals surface area contributed by atoms with Gasteiger partial charge >= 0.3 is 5.97 Å². The van der Waals surface area contributed by atoms with Gasteiger partial charge in [0.05, 0.1) is 19.1 Å². The number of nitrogens with two attached hydrogens (primary N) is 3. The van der Waals surface area contributed by atoms with E-state index in [2.05, 4.69) is 15.3 Å². The highest BCUT2D eigenvalue weighted by Crippen LogP contribution is 2.36. The van der Waals surface area contributed by atoms with E-state index in [0.717, 1.165) is 37.0 Å². The molecule has 15 heteroatoms. The molecule has 264 valence electrons. The number of phenols is 1. The number of aryl methyl sites for hydroxylation is 1. The highest BCUT2D eigenvalue weighted by Gasteiger charge is 2.35. The molecule has 1 aromatic carbocycles. The average molecular weight is 696 g/mol. The lowest BCUT2D eigenvalue weighted by molar-refractivity contribution is -0.148. The number of hydrogen-bond donors (Lipinski definition) is 6. The largest absolute Gasteiger partial charge is 0.504 e. The van der Waals surface area contributed by atoms with Crippen molar-refractivity contribution in [2.75, 3.05) is 38.4 Å². The Morgan fingerprint density at radius 3 is 2.72 bits per heavy atom. The van der Waals surface area contributed by atoms with Crippen molar-refractivity contribution in [3.05, 3.63) is 23.3 Å². The van der Waals surface area contributed by atoms with Gasteiger partial charge in [0.15, 0.2) is 23.4 Å². The second-order valence-electron chi connectivity index (χ2n) is 12.3. The molecule has 1 saturated heterocycles. The van der Waals surface area contributed by atoms with Crippen LogP contribution in [-0.4, -0.2) is 89.5 Å². The number of ether oxygens (including phenoxy) is 2. The Hall–Kier alpha value is -3.04. The minimum absolute atomic E-state index is 0.0121. The first-order valence-electron chi connectivity index (χ1n) is 16.4. The van der Waals surface area contributed by atoms with Gasteiger partial charge < -0.3 is 47.1 Å². The van der Waals surface area contributed by atoms with Crippen LogP contribution in [0.25, 0.3) is 0 Å². The monoisotopic (exact) mass is 695 g/mol. The van der Waals surface area contributed by atoms with Crippen LogP contribution in [0.2, 0.25) is 0 Å². The van der Waals surface area contributed by atoms with Crippen LogP contribution in [0, 0.1) is 11.8 Å². The maximum atomic E-state index is 13.3. The summed E-state index contributed by atoms with van der Waals surface area (Å²) in [5.74, 6) is 1.87. The highest BCUT2D eigenvalue weighted by molar-refractivity contribution is 8.76. The van der Waals surface area contributed by atoms with E-state index < -0.39 is 12.2 Å². The molecule has 13 nitrogen and oxygen atoms in total. The number of aliphatic imine (C=N–C) groups is 2. The third-order valence-corrected chi connectivity index (χ3v) is 10.7. The van der Waals surface area contributed by atoms with Gasteiger partial charge in [-0.25, -0.2) is 4.99 Å². The number of guanidine groups is 2. The van der Waals surface area contributed by atoms with Crippen LogP contribution in [-0.2, 0) is 27.3 Å². The fourth-order valence-corrected chi connectivity index (χ4v) is 7.87. The zero-order valence-corrected chi connectivity index (χ0v) is 29.3. The van der Waals surface area contributed by atoms with Crippen LogP contribution >= 0.6 is 21.6 Å². The first kappa shape index (κ1) is 38.4. The van der Waals surface area contributed by atoms with Crippen molar-refractivity contribution in [3.63, 3.8) is 0 Å². The van der Waals surface area contributed by atoms with Crippen molar-refractivity contribution < 1.29 is 29.3 Å². The number of nitrogens with zero attached hydrogens (tertiary/aromatic N) is 3. The standard InChI is InChI=1S/C32H53N7O6S2/c1-21(40)45-27-9-8-22-13-25(30(43)28(14-22)44-2)19-39-18-24(15-29(39)42)23(10-11-36-31(33)34)17-37-32(35)38-20-47-46-12-6-4-3-5-7-26(41)16-27/h13-14,23-24,26-27,41,43H,3-12,15-20H2,1-2H3,(H4,33,34,36)(H3,35,37,38)/t23-,24+,26-,27+/m0/s1. The summed E-state index contributed by atoms with van der Waals surface area (Å²) >= 11 is 0. The number of methoxy groups -OCH3 is 1. The lowest BCUT2D eigenvalue weighted by Crippen LogP contribution is -2.38. The zero-order valence-electron chi connectivity index (χ0n) is 27.7. The fraction of sp³-hybridized carbons (Fsp3) is 0.688. The molecular formula is C32H53N7O6S2. The zero-order chi connectivity index (χ0) is 34.2. The van der Waals surface area contributed by atoms with Gasteiger partial charge in [-0.15, -0.1) is 0 Å². The van der Waals surface area contributed by atoms with E-state index in [0.29, 0.717) is 81.3 Å².